The highest BCUT2D eigenvalue weighted by atomic mass is 32.2. The van der Waals surface area contributed by atoms with Gasteiger partial charge >= 0.3 is 0 Å². The zero-order valence-electron chi connectivity index (χ0n) is 24.5. The van der Waals surface area contributed by atoms with Crippen LogP contribution in [0.2, 0.25) is 0 Å². The predicted molar refractivity (Wildman–Crippen MR) is 168 cm³/mol. The van der Waals surface area contributed by atoms with E-state index in [2.05, 4.69) is 5.32 Å². The van der Waals surface area contributed by atoms with E-state index in [9.17, 15) is 18.0 Å². The lowest BCUT2D eigenvalue weighted by Crippen LogP contribution is -2.53. The molecule has 3 rings (SSSR count). The average molecular weight is 596 g/mol. The Hall–Kier alpha value is -3.30. The lowest BCUT2D eigenvalue weighted by Gasteiger charge is -2.33. The van der Waals surface area contributed by atoms with Gasteiger partial charge in [-0.2, -0.15) is 0 Å². The fraction of sp³-hybridized carbons (Fsp3) is 0.375. The van der Waals surface area contributed by atoms with Crippen molar-refractivity contribution >= 4 is 39.3 Å². The number of benzene rings is 3. The van der Waals surface area contributed by atoms with E-state index >= 15 is 0 Å². The van der Waals surface area contributed by atoms with Gasteiger partial charge in [0, 0.05) is 18.0 Å². The van der Waals surface area contributed by atoms with Crippen molar-refractivity contribution in [3.63, 3.8) is 0 Å². The molecule has 9 heteroatoms. The summed E-state index contributed by atoms with van der Waals surface area (Å²) in [5, 5.41) is 2.96. The van der Waals surface area contributed by atoms with E-state index in [0.717, 1.165) is 20.3 Å². The predicted octanol–water partition coefficient (Wildman–Crippen LogP) is 5.53. The first kappa shape index (κ1) is 32.2. The molecule has 220 valence electrons. The number of anilines is 1. The molecule has 0 saturated carbocycles. The number of aryl methyl sites for hydroxylation is 1. The maximum Gasteiger partial charge on any atom is 0.264 e. The first-order valence-electron chi connectivity index (χ1n) is 13.9. The van der Waals surface area contributed by atoms with Crippen molar-refractivity contribution in [2.45, 2.75) is 56.4 Å². The summed E-state index contributed by atoms with van der Waals surface area (Å²) >= 11 is 1.52. The Labute approximate surface area is 249 Å². The van der Waals surface area contributed by atoms with E-state index in [1.807, 2.05) is 76.4 Å². The number of amides is 2. The van der Waals surface area contributed by atoms with Gasteiger partial charge in [-0.15, -0.1) is 11.8 Å². The van der Waals surface area contributed by atoms with Crippen molar-refractivity contribution in [1.29, 1.82) is 0 Å². The highest BCUT2D eigenvalue weighted by Gasteiger charge is 2.33. The Morgan fingerprint density at radius 3 is 2.12 bits per heavy atom. The largest absolute Gasteiger partial charge is 0.354 e. The van der Waals surface area contributed by atoms with Gasteiger partial charge in [0.1, 0.15) is 12.6 Å². The molecule has 0 bridgehead atoms. The lowest BCUT2D eigenvalue weighted by atomic mass is 10.1. The third kappa shape index (κ3) is 8.84. The molecule has 0 saturated heterocycles. The second-order valence-corrected chi connectivity index (χ2v) is 13.2. The average Bonchev–Trinajstić information content (AvgIpc) is 2.97. The van der Waals surface area contributed by atoms with Gasteiger partial charge in [0.25, 0.3) is 10.0 Å². The molecule has 7 nitrogen and oxygen atoms in total. The van der Waals surface area contributed by atoms with Crippen LogP contribution in [0.25, 0.3) is 0 Å². The minimum absolute atomic E-state index is 0.0984. The van der Waals surface area contributed by atoms with Crippen molar-refractivity contribution in [3.8, 4) is 0 Å². The summed E-state index contributed by atoms with van der Waals surface area (Å²) in [5.41, 5.74) is 2.39. The molecule has 41 heavy (non-hydrogen) atoms. The van der Waals surface area contributed by atoms with Gasteiger partial charge in [-0.1, -0.05) is 68.8 Å². The van der Waals surface area contributed by atoms with E-state index < -0.39 is 28.5 Å². The number of carbonyl (C=O) groups excluding carboxylic acids is 2. The number of thioether (sulfide) groups is 1. The molecule has 0 spiro atoms. The Kier molecular flexibility index (Phi) is 11.8. The first-order valence-corrected chi connectivity index (χ1v) is 16.6. The molecule has 0 aliphatic carbocycles. The topological polar surface area (TPSA) is 86.8 Å². The Morgan fingerprint density at radius 1 is 0.927 bits per heavy atom. The number of sulfonamides is 1. The highest BCUT2D eigenvalue weighted by molar-refractivity contribution is 7.98. The van der Waals surface area contributed by atoms with Crippen molar-refractivity contribution < 1.29 is 18.0 Å². The maximum atomic E-state index is 14.1. The number of nitrogens with one attached hydrogen (secondary N) is 1. The van der Waals surface area contributed by atoms with Crippen LogP contribution < -0.4 is 9.62 Å². The summed E-state index contributed by atoms with van der Waals surface area (Å²) in [5.74, 6) is -0.415. The number of carbonyl (C=O) groups is 2. The molecule has 1 atom stereocenters. The summed E-state index contributed by atoms with van der Waals surface area (Å²) in [4.78, 5) is 29.9. The second kappa shape index (κ2) is 15.1. The molecule has 2 amide bonds. The van der Waals surface area contributed by atoms with Gasteiger partial charge in [0.2, 0.25) is 11.8 Å². The zero-order chi connectivity index (χ0) is 30.0. The van der Waals surface area contributed by atoms with Gasteiger partial charge in [-0.3, -0.25) is 13.9 Å². The van der Waals surface area contributed by atoms with Crippen LogP contribution in [0.1, 0.15) is 38.3 Å². The molecular weight excluding hydrogens is 555 g/mol. The molecule has 3 aromatic rings. The van der Waals surface area contributed by atoms with Gasteiger partial charge in [0.05, 0.1) is 10.6 Å². The van der Waals surface area contributed by atoms with E-state index in [0.29, 0.717) is 25.1 Å². The van der Waals surface area contributed by atoms with E-state index in [1.165, 1.54) is 16.7 Å². The van der Waals surface area contributed by atoms with Crippen LogP contribution >= 0.6 is 11.8 Å². The smallest absolute Gasteiger partial charge is 0.264 e. The van der Waals surface area contributed by atoms with E-state index in [1.54, 1.807) is 36.4 Å². The van der Waals surface area contributed by atoms with Crippen molar-refractivity contribution in [1.82, 2.24) is 10.2 Å². The van der Waals surface area contributed by atoms with Gasteiger partial charge < -0.3 is 10.2 Å². The molecule has 0 radical (unpaired) electrons. The summed E-state index contributed by atoms with van der Waals surface area (Å²) in [6.45, 7) is 8.14. The number of nitrogens with zero attached hydrogens (tertiary/aromatic N) is 2. The monoisotopic (exact) mass is 595 g/mol. The summed E-state index contributed by atoms with van der Waals surface area (Å²) in [7, 11) is -4.09. The standard InChI is InChI=1S/C32H41N3O4S2/c1-6-30(32(37)33-22-24(2)3)34(21-20-26-10-8-7-9-11-26)31(36)23-35(27-14-12-25(4)13-15-27)41(38,39)29-18-16-28(40-5)17-19-29/h7-19,24,30H,6,20-23H2,1-5H3,(H,33,37)/t30-/m1/s1. The van der Waals surface area contributed by atoms with Crippen LogP contribution in [0.5, 0.6) is 0 Å². The SMILES string of the molecule is CC[C@H](C(=O)NCC(C)C)N(CCc1ccccc1)C(=O)CN(c1ccc(C)cc1)S(=O)(=O)c1ccc(SC)cc1. The molecule has 3 aromatic carbocycles. The summed E-state index contributed by atoms with van der Waals surface area (Å²) < 4.78 is 29.1. The minimum atomic E-state index is -4.09. The lowest BCUT2D eigenvalue weighted by molar-refractivity contribution is -0.139. The molecule has 0 fully saturated rings. The molecular formula is C32H41N3O4S2. The van der Waals surface area contributed by atoms with Gasteiger partial charge in [-0.25, -0.2) is 8.42 Å². The van der Waals surface area contributed by atoms with Crippen LogP contribution in [0.15, 0.2) is 88.7 Å². The number of hydrogen-bond acceptors (Lipinski definition) is 5. The normalized spacial score (nSPS) is 12.1. The molecule has 0 unspecified atom stereocenters. The van der Waals surface area contributed by atoms with Gasteiger partial charge in [0.15, 0.2) is 0 Å². The van der Waals surface area contributed by atoms with Crippen molar-refractivity contribution in [2.24, 2.45) is 5.92 Å². The number of rotatable bonds is 14. The summed E-state index contributed by atoms with van der Waals surface area (Å²) in [6.07, 6.45) is 2.86. The van der Waals surface area contributed by atoms with Crippen LogP contribution in [0.4, 0.5) is 5.69 Å². The highest BCUT2D eigenvalue weighted by Crippen LogP contribution is 2.26. The Balaban J connectivity index is 1.99. The van der Waals surface area contributed by atoms with Crippen LogP contribution in [0, 0.1) is 12.8 Å². The Morgan fingerprint density at radius 2 is 1.56 bits per heavy atom. The van der Waals surface area contributed by atoms with Crippen molar-refractivity contribution in [2.75, 3.05) is 30.2 Å². The number of hydrogen-bond donors (Lipinski definition) is 1. The summed E-state index contributed by atoms with van der Waals surface area (Å²) in [6, 6.07) is 22.7. The molecule has 0 aromatic heterocycles. The van der Waals surface area contributed by atoms with E-state index in [4.69, 9.17) is 0 Å². The Bertz CT molecular complexity index is 1380. The first-order chi connectivity index (χ1) is 19.6. The second-order valence-electron chi connectivity index (χ2n) is 10.4. The molecule has 0 heterocycles. The van der Waals surface area contributed by atoms with Crippen LogP contribution in [-0.2, 0) is 26.0 Å². The molecule has 1 N–H and O–H groups in total. The third-order valence-corrected chi connectivity index (χ3v) is 9.33. The maximum absolute atomic E-state index is 14.1. The van der Waals surface area contributed by atoms with Crippen LogP contribution in [-0.4, -0.2) is 57.1 Å². The molecule has 0 aliphatic heterocycles. The van der Waals surface area contributed by atoms with E-state index in [-0.39, 0.29) is 23.3 Å². The molecule has 0 aliphatic rings. The van der Waals surface area contributed by atoms with Gasteiger partial charge in [-0.05, 0) is 73.9 Å². The minimum Gasteiger partial charge on any atom is -0.354 e. The van der Waals surface area contributed by atoms with Crippen molar-refractivity contribution in [3.05, 3.63) is 90.0 Å². The van der Waals surface area contributed by atoms with Crippen LogP contribution in [0.3, 0.4) is 0 Å². The third-order valence-electron chi connectivity index (χ3n) is 6.80. The quantitative estimate of drug-likeness (QED) is 0.248. The zero-order valence-corrected chi connectivity index (χ0v) is 26.2. The fourth-order valence-electron chi connectivity index (χ4n) is 4.43. The fourth-order valence-corrected chi connectivity index (χ4v) is 6.26.